The van der Waals surface area contributed by atoms with Crippen LogP contribution in [0.1, 0.15) is 37.8 Å². The molecule has 1 aliphatic carbocycles. The first kappa shape index (κ1) is 14.4. The van der Waals surface area contributed by atoms with Gasteiger partial charge in [-0.1, -0.05) is 19.4 Å². The van der Waals surface area contributed by atoms with Crippen LogP contribution in [0, 0.1) is 17.6 Å². The summed E-state index contributed by atoms with van der Waals surface area (Å²) in [7, 11) is 0. The lowest BCUT2D eigenvalue weighted by Gasteiger charge is -2.36. The molecular formula is C15H22F2N2. The first-order chi connectivity index (χ1) is 9.15. The smallest absolute Gasteiger partial charge is 0.130 e. The molecule has 1 aliphatic rings. The van der Waals surface area contributed by atoms with Crippen molar-refractivity contribution in [3.05, 3.63) is 35.4 Å². The summed E-state index contributed by atoms with van der Waals surface area (Å²) in [5, 5.41) is 0. The van der Waals surface area contributed by atoms with Crippen molar-refractivity contribution in [1.29, 1.82) is 0 Å². The molecule has 19 heavy (non-hydrogen) atoms. The molecule has 0 heterocycles. The van der Waals surface area contributed by atoms with E-state index in [0.717, 1.165) is 19.2 Å². The largest absolute Gasteiger partial charge is 0.329 e. The van der Waals surface area contributed by atoms with Crippen LogP contribution in [0.3, 0.4) is 0 Å². The first-order valence-corrected chi connectivity index (χ1v) is 7.04. The minimum absolute atomic E-state index is 0.161. The number of halogens is 2. The minimum atomic E-state index is -0.543. The van der Waals surface area contributed by atoms with Gasteiger partial charge in [0.05, 0.1) is 0 Å². The monoisotopic (exact) mass is 268 g/mol. The standard InChI is InChI=1S/C15H22F2N2/c1-2-19(10-11-4-3-5-11)15(9-18)13-7-6-12(16)8-14(13)17/h6-8,11,15H,2-5,9-10,18H2,1H3. The van der Waals surface area contributed by atoms with Crippen molar-refractivity contribution in [2.75, 3.05) is 19.6 Å². The quantitative estimate of drug-likeness (QED) is 0.859. The SMILES string of the molecule is CCN(CC1CCC1)C(CN)c1ccc(F)cc1F. The number of nitrogens with two attached hydrogens (primary N) is 1. The normalized spacial score (nSPS) is 17.5. The molecule has 0 aromatic heterocycles. The van der Waals surface area contributed by atoms with Gasteiger partial charge in [-0.15, -0.1) is 0 Å². The van der Waals surface area contributed by atoms with Gasteiger partial charge in [-0.05, 0) is 31.4 Å². The number of hydrogen-bond donors (Lipinski definition) is 1. The van der Waals surface area contributed by atoms with E-state index in [1.165, 1.54) is 31.4 Å². The zero-order valence-electron chi connectivity index (χ0n) is 11.4. The van der Waals surface area contributed by atoms with Crippen LogP contribution in [0.15, 0.2) is 18.2 Å². The summed E-state index contributed by atoms with van der Waals surface area (Å²) in [6, 6.07) is 3.60. The van der Waals surface area contributed by atoms with Gasteiger partial charge in [-0.25, -0.2) is 8.78 Å². The first-order valence-electron chi connectivity index (χ1n) is 7.04. The van der Waals surface area contributed by atoms with E-state index in [4.69, 9.17) is 5.73 Å². The molecule has 1 fully saturated rings. The van der Waals surface area contributed by atoms with Crippen molar-refractivity contribution < 1.29 is 8.78 Å². The molecule has 106 valence electrons. The molecule has 1 aromatic carbocycles. The van der Waals surface area contributed by atoms with E-state index in [0.29, 0.717) is 18.0 Å². The van der Waals surface area contributed by atoms with E-state index in [2.05, 4.69) is 11.8 Å². The van der Waals surface area contributed by atoms with Crippen molar-refractivity contribution in [3.63, 3.8) is 0 Å². The van der Waals surface area contributed by atoms with Crippen LogP contribution in [0.4, 0.5) is 8.78 Å². The Morgan fingerprint density at radius 2 is 2.11 bits per heavy atom. The van der Waals surface area contributed by atoms with Crippen LogP contribution >= 0.6 is 0 Å². The van der Waals surface area contributed by atoms with E-state index >= 15 is 0 Å². The number of likely N-dealkylation sites (N-methyl/N-ethyl adjacent to an activating group) is 1. The zero-order chi connectivity index (χ0) is 13.8. The molecule has 0 amide bonds. The average Bonchev–Trinajstić information content (AvgIpc) is 2.33. The maximum atomic E-state index is 13.9. The van der Waals surface area contributed by atoms with Gasteiger partial charge in [-0.3, -0.25) is 4.90 Å². The van der Waals surface area contributed by atoms with Gasteiger partial charge < -0.3 is 5.73 Å². The van der Waals surface area contributed by atoms with E-state index in [-0.39, 0.29) is 6.04 Å². The second kappa shape index (κ2) is 6.44. The lowest BCUT2D eigenvalue weighted by atomic mass is 9.84. The van der Waals surface area contributed by atoms with Crippen LogP contribution in [-0.4, -0.2) is 24.5 Å². The Morgan fingerprint density at radius 1 is 1.37 bits per heavy atom. The molecule has 0 radical (unpaired) electrons. The van der Waals surface area contributed by atoms with Gasteiger partial charge in [0.1, 0.15) is 11.6 Å². The van der Waals surface area contributed by atoms with Gasteiger partial charge in [0.25, 0.3) is 0 Å². The predicted octanol–water partition coefficient (Wildman–Crippen LogP) is 3.09. The van der Waals surface area contributed by atoms with Gasteiger partial charge in [0, 0.05) is 30.8 Å². The lowest BCUT2D eigenvalue weighted by molar-refractivity contribution is 0.139. The molecule has 0 saturated heterocycles. The van der Waals surface area contributed by atoms with E-state index in [9.17, 15) is 8.78 Å². The Labute approximate surface area is 113 Å². The van der Waals surface area contributed by atoms with Gasteiger partial charge in [-0.2, -0.15) is 0 Å². The zero-order valence-corrected chi connectivity index (χ0v) is 11.4. The fourth-order valence-corrected chi connectivity index (χ4v) is 2.73. The number of benzene rings is 1. The summed E-state index contributed by atoms with van der Waals surface area (Å²) in [6.45, 7) is 4.19. The van der Waals surface area contributed by atoms with E-state index in [1.54, 1.807) is 0 Å². The van der Waals surface area contributed by atoms with Crippen LogP contribution < -0.4 is 5.73 Å². The Kier molecular flexibility index (Phi) is 4.88. The maximum absolute atomic E-state index is 13.9. The van der Waals surface area contributed by atoms with Crippen LogP contribution in [0.2, 0.25) is 0 Å². The molecule has 0 bridgehead atoms. The lowest BCUT2D eigenvalue weighted by Crippen LogP contribution is -2.39. The molecule has 4 heteroatoms. The summed E-state index contributed by atoms with van der Waals surface area (Å²) in [5.41, 5.74) is 6.33. The highest BCUT2D eigenvalue weighted by molar-refractivity contribution is 5.22. The summed E-state index contributed by atoms with van der Waals surface area (Å²) < 4.78 is 26.9. The second-order valence-corrected chi connectivity index (χ2v) is 5.30. The molecule has 1 saturated carbocycles. The summed E-state index contributed by atoms with van der Waals surface area (Å²) in [5.74, 6) is -0.334. The number of hydrogen-bond acceptors (Lipinski definition) is 2. The molecule has 1 unspecified atom stereocenters. The van der Waals surface area contributed by atoms with Gasteiger partial charge in [0.15, 0.2) is 0 Å². The Balaban J connectivity index is 2.15. The van der Waals surface area contributed by atoms with Crippen LogP contribution in [0.25, 0.3) is 0 Å². The third kappa shape index (κ3) is 3.31. The highest BCUT2D eigenvalue weighted by Crippen LogP contribution is 2.31. The van der Waals surface area contributed by atoms with Crippen molar-refractivity contribution in [2.24, 2.45) is 11.7 Å². The average molecular weight is 268 g/mol. The Morgan fingerprint density at radius 3 is 2.58 bits per heavy atom. The molecule has 1 aromatic rings. The third-order valence-corrected chi connectivity index (χ3v) is 4.11. The fourth-order valence-electron chi connectivity index (χ4n) is 2.73. The molecule has 2 rings (SSSR count). The third-order valence-electron chi connectivity index (χ3n) is 4.11. The van der Waals surface area contributed by atoms with Crippen molar-refractivity contribution in [1.82, 2.24) is 4.90 Å². The topological polar surface area (TPSA) is 29.3 Å². The summed E-state index contributed by atoms with van der Waals surface area (Å²) >= 11 is 0. The van der Waals surface area contributed by atoms with Crippen molar-refractivity contribution >= 4 is 0 Å². The highest BCUT2D eigenvalue weighted by atomic mass is 19.1. The second-order valence-electron chi connectivity index (χ2n) is 5.30. The van der Waals surface area contributed by atoms with Crippen molar-refractivity contribution in [3.8, 4) is 0 Å². The van der Waals surface area contributed by atoms with Crippen LogP contribution in [-0.2, 0) is 0 Å². The van der Waals surface area contributed by atoms with Gasteiger partial charge >= 0.3 is 0 Å². The predicted molar refractivity (Wildman–Crippen MR) is 72.7 cm³/mol. The van der Waals surface area contributed by atoms with E-state index in [1.807, 2.05) is 0 Å². The Hall–Kier alpha value is -1.00. The highest BCUT2D eigenvalue weighted by Gasteiger charge is 2.26. The number of rotatable bonds is 6. The van der Waals surface area contributed by atoms with E-state index < -0.39 is 11.6 Å². The minimum Gasteiger partial charge on any atom is -0.329 e. The molecule has 0 spiro atoms. The molecular weight excluding hydrogens is 246 g/mol. The molecule has 0 aliphatic heterocycles. The van der Waals surface area contributed by atoms with Crippen molar-refractivity contribution in [2.45, 2.75) is 32.2 Å². The Bertz CT molecular complexity index is 419. The fraction of sp³-hybridized carbons (Fsp3) is 0.600. The van der Waals surface area contributed by atoms with Crippen LogP contribution in [0.5, 0.6) is 0 Å². The number of nitrogens with zero attached hydrogens (tertiary/aromatic N) is 1. The maximum Gasteiger partial charge on any atom is 0.130 e. The molecule has 2 nitrogen and oxygen atoms in total. The molecule has 1 atom stereocenters. The molecule has 2 N–H and O–H groups in total. The summed E-state index contributed by atoms with van der Waals surface area (Å²) in [6.07, 6.45) is 3.79. The summed E-state index contributed by atoms with van der Waals surface area (Å²) in [4.78, 5) is 2.21. The van der Waals surface area contributed by atoms with Gasteiger partial charge in [0.2, 0.25) is 0 Å².